The number of halogens is 2. The van der Waals surface area contributed by atoms with Crippen LogP contribution in [0.15, 0.2) is 85.1 Å². The van der Waals surface area contributed by atoms with Crippen LogP contribution in [0.25, 0.3) is 11.1 Å². The maximum atomic E-state index is 11.5. The van der Waals surface area contributed by atoms with Gasteiger partial charge in [-0.3, -0.25) is 4.79 Å². The quantitative estimate of drug-likeness (QED) is 0.219. The Morgan fingerprint density at radius 3 is 1.97 bits per heavy atom. The average Bonchev–Trinajstić information content (AvgIpc) is 3.30. The van der Waals surface area contributed by atoms with Crippen LogP contribution in [0.5, 0.6) is 0 Å². The Balaban J connectivity index is 1.84. The van der Waals surface area contributed by atoms with Gasteiger partial charge < -0.3 is 9.41 Å². The van der Waals surface area contributed by atoms with Crippen LogP contribution in [0, 0.1) is 0 Å². The largest absolute Gasteiger partial charge is 0.403 e. The number of aromatic nitrogens is 1. The molecule has 0 aliphatic rings. The van der Waals surface area contributed by atoms with Gasteiger partial charge in [0.1, 0.15) is 0 Å². The predicted molar refractivity (Wildman–Crippen MR) is 144 cm³/mol. The van der Waals surface area contributed by atoms with Gasteiger partial charge in [0.2, 0.25) is 0 Å². The normalized spacial score (nSPS) is 12.0. The fraction of sp³-hybridized carbons (Fsp3) is 0.179. The third-order valence-electron chi connectivity index (χ3n) is 6.22. The van der Waals surface area contributed by atoms with E-state index in [1.807, 2.05) is 30.3 Å². The zero-order valence-electron chi connectivity index (χ0n) is 19.4. The number of carbonyl (C=O) groups excluding carboxylic acids is 1. The molecule has 0 spiro atoms. The van der Waals surface area contributed by atoms with Crippen LogP contribution in [0.2, 0.25) is 15.1 Å². The summed E-state index contributed by atoms with van der Waals surface area (Å²) in [6.07, 6.45) is 2.52. The lowest BCUT2D eigenvalue weighted by Crippen LogP contribution is -2.66. The lowest BCUT2D eigenvalue weighted by molar-refractivity contribution is 0.112. The predicted octanol–water partition coefficient (Wildman–Crippen LogP) is 6.88. The third-order valence-corrected chi connectivity index (χ3v) is 12.0. The zero-order valence-corrected chi connectivity index (χ0v) is 22.0. The molecule has 0 aliphatic carbocycles. The van der Waals surface area contributed by atoms with E-state index in [0.29, 0.717) is 21.3 Å². The van der Waals surface area contributed by atoms with Gasteiger partial charge in [0, 0.05) is 27.9 Å². The number of benzene rings is 3. The van der Waals surface area contributed by atoms with Crippen molar-refractivity contribution in [1.29, 1.82) is 0 Å². The lowest BCUT2D eigenvalue weighted by Gasteiger charge is -2.43. The molecule has 0 saturated heterocycles. The number of hydrogen-bond donors (Lipinski definition) is 1. The number of nitrogens with one attached hydrogen (secondary N) is 1. The minimum Gasteiger partial charge on any atom is -0.403 e. The van der Waals surface area contributed by atoms with Crippen molar-refractivity contribution in [2.45, 2.75) is 32.4 Å². The zero-order chi connectivity index (χ0) is 24.3. The van der Waals surface area contributed by atoms with E-state index in [9.17, 15) is 4.79 Å². The summed E-state index contributed by atoms with van der Waals surface area (Å²) in [5.74, 6) is 0. The van der Waals surface area contributed by atoms with Gasteiger partial charge in [0.15, 0.2) is 6.29 Å². The van der Waals surface area contributed by atoms with Crippen LogP contribution in [-0.4, -0.2) is 19.6 Å². The highest BCUT2D eigenvalue weighted by atomic mass is 35.5. The Labute approximate surface area is 211 Å². The summed E-state index contributed by atoms with van der Waals surface area (Å²) in [4.78, 5) is 14.4. The van der Waals surface area contributed by atoms with Crippen LogP contribution in [-0.2, 0) is 11.0 Å². The highest BCUT2D eigenvalue weighted by molar-refractivity contribution is 6.99. The Morgan fingerprint density at radius 2 is 1.44 bits per heavy atom. The molecule has 6 heteroatoms. The standard InChI is InChI=1S/C28H27Cl2NO2Si/c1-28(2,3)34(20-10-6-4-7-11-20,21-12-8-5-9-13-21)33-19-24-25(29)15-14-23(27(24)30)22-16-17-31-26(22)18-32/h4-18,31H,19H2,1-3H3. The van der Waals surface area contributed by atoms with Gasteiger partial charge in [-0.15, -0.1) is 0 Å². The Bertz CT molecular complexity index is 1240. The first-order chi connectivity index (χ1) is 16.3. The third kappa shape index (κ3) is 4.39. The lowest BCUT2D eigenvalue weighted by atomic mass is 10.0. The van der Waals surface area contributed by atoms with Gasteiger partial charge >= 0.3 is 0 Å². The monoisotopic (exact) mass is 507 g/mol. The van der Waals surface area contributed by atoms with Crippen LogP contribution in [0.3, 0.4) is 0 Å². The van der Waals surface area contributed by atoms with Crippen molar-refractivity contribution in [3.05, 3.63) is 106 Å². The maximum Gasteiger partial charge on any atom is 0.261 e. The minimum atomic E-state index is -2.76. The van der Waals surface area contributed by atoms with Crippen molar-refractivity contribution in [2.75, 3.05) is 0 Å². The van der Waals surface area contributed by atoms with Crippen molar-refractivity contribution in [3.63, 3.8) is 0 Å². The molecule has 0 aliphatic heterocycles. The number of rotatable bonds is 7. The number of H-pyrrole nitrogens is 1. The molecule has 0 amide bonds. The molecule has 34 heavy (non-hydrogen) atoms. The van der Waals surface area contributed by atoms with Gasteiger partial charge in [0.05, 0.1) is 17.3 Å². The first-order valence-corrected chi connectivity index (χ1v) is 13.8. The van der Waals surface area contributed by atoms with E-state index in [4.69, 9.17) is 27.6 Å². The molecule has 0 atom stereocenters. The van der Waals surface area contributed by atoms with Crippen LogP contribution in [0.4, 0.5) is 0 Å². The number of carbonyl (C=O) groups is 1. The van der Waals surface area contributed by atoms with Crippen molar-refractivity contribution in [2.24, 2.45) is 0 Å². The van der Waals surface area contributed by atoms with Crippen LogP contribution < -0.4 is 10.4 Å². The molecule has 3 aromatic carbocycles. The SMILES string of the molecule is CC(C)(C)[Si](OCc1c(Cl)ccc(-c2cc[nH]c2C=O)c1Cl)(c1ccccc1)c1ccccc1. The van der Waals surface area contributed by atoms with E-state index >= 15 is 0 Å². The molecule has 0 radical (unpaired) electrons. The molecular formula is C28H27Cl2NO2Si. The maximum absolute atomic E-state index is 11.5. The van der Waals surface area contributed by atoms with Crippen molar-refractivity contribution < 1.29 is 9.22 Å². The molecule has 174 valence electrons. The highest BCUT2D eigenvalue weighted by Crippen LogP contribution is 2.40. The van der Waals surface area contributed by atoms with Gasteiger partial charge in [-0.05, 0) is 27.5 Å². The fourth-order valence-electron chi connectivity index (χ4n) is 4.59. The topological polar surface area (TPSA) is 42.1 Å². The summed E-state index contributed by atoms with van der Waals surface area (Å²) in [6, 6.07) is 26.4. The number of hydrogen-bond acceptors (Lipinski definition) is 2. The molecule has 1 heterocycles. The molecule has 0 unspecified atom stereocenters. The van der Waals surface area contributed by atoms with Crippen LogP contribution >= 0.6 is 23.2 Å². The molecule has 4 aromatic rings. The van der Waals surface area contributed by atoms with Gasteiger partial charge in [-0.25, -0.2) is 0 Å². The first-order valence-electron chi connectivity index (χ1n) is 11.1. The molecule has 1 N–H and O–H groups in total. The van der Waals surface area contributed by atoms with Crippen LogP contribution in [0.1, 0.15) is 36.8 Å². The second kappa shape index (κ2) is 9.93. The molecular weight excluding hydrogens is 481 g/mol. The van der Waals surface area contributed by atoms with E-state index < -0.39 is 8.32 Å². The summed E-state index contributed by atoms with van der Waals surface area (Å²) < 4.78 is 7.04. The molecule has 0 saturated carbocycles. The Morgan fingerprint density at radius 1 is 0.853 bits per heavy atom. The minimum absolute atomic E-state index is 0.169. The van der Waals surface area contributed by atoms with E-state index in [-0.39, 0.29) is 11.6 Å². The van der Waals surface area contributed by atoms with Crippen molar-refractivity contribution in [1.82, 2.24) is 4.98 Å². The molecule has 0 fully saturated rings. The summed E-state index contributed by atoms with van der Waals surface area (Å²) in [5.41, 5.74) is 2.67. The van der Waals surface area contributed by atoms with E-state index in [1.54, 1.807) is 6.20 Å². The van der Waals surface area contributed by atoms with Crippen molar-refractivity contribution >= 4 is 48.2 Å². The highest BCUT2D eigenvalue weighted by Gasteiger charge is 2.50. The average molecular weight is 509 g/mol. The Hall–Kier alpha value is -2.63. The summed E-state index contributed by atoms with van der Waals surface area (Å²) in [5, 5.41) is 3.23. The molecule has 0 bridgehead atoms. The van der Waals surface area contributed by atoms with E-state index in [0.717, 1.165) is 17.4 Å². The molecule has 3 nitrogen and oxygen atoms in total. The molecule has 1 aromatic heterocycles. The number of aldehydes is 1. The summed E-state index contributed by atoms with van der Waals surface area (Å²) in [6.45, 7) is 6.94. The smallest absolute Gasteiger partial charge is 0.261 e. The fourth-order valence-corrected chi connectivity index (χ4v) is 9.69. The first kappa shape index (κ1) is 24.5. The summed E-state index contributed by atoms with van der Waals surface area (Å²) >= 11 is 13.5. The van der Waals surface area contributed by atoms with Gasteiger partial charge in [0.25, 0.3) is 8.32 Å². The second-order valence-corrected chi connectivity index (χ2v) is 14.4. The van der Waals surface area contributed by atoms with Gasteiger partial charge in [-0.2, -0.15) is 0 Å². The van der Waals surface area contributed by atoms with Crippen molar-refractivity contribution in [3.8, 4) is 11.1 Å². The summed E-state index contributed by atoms with van der Waals surface area (Å²) in [7, 11) is -2.76. The molecule has 4 rings (SSSR count). The number of aromatic amines is 1. The van der Waals surface area contributed by atoms with E-state index in [1.165, 1.54) is 10.4 Å². The second-order valence-electron chi connectivity index (χ2n) is 9.26. The van der Waals surface area contributed by atoms with E-state index in [2.05, 4.69) is 74.3 Å². The van der Waals surface area contributed by atoms with Gasteiger partial charge in [-0.1, -0.05) is 111 Å². The Kier molecular flexibility index (Phi) is 7.15.